The minimum atomic E-state index is -6.42. The van der Waals surface area contributed by atoms with Crippen molar-refractivity contribution in [2.24, 2.45) is 29.6 Å². The number of hydrogen-bond acceptors (Lipinski definition) is 5. The van der Waals surface area contributed by atoms with E-state index < -0.39 is 45.2 Å². The summed E-state index contributed by atoms with van der Waals surface area (Å²) in [5.74, 6) is -5.44. The second kappa shape index (κ2) is 11.4. The summed E-state index contributed by atoms with van der Waals surface area (Å²) in [6, 6.07) is 0. The monoisotopic (exact) mass is 598 g/mol. The van der Waals surface area contributed by atoms with Crippen LogP contribution in [0.25, 0.3) is 0 Å². The molecule has 0 saturated heterocycles. The predicted molar refractivity (Wildman–Crippen MR) is 141 cm³/mol. The standard InChI is InChI=1S/C19H31OS.C9H12F4O4S/c20-17-8-4-5-9-18(17)21(16-6-2-1-3-7-16)19-13-14-10-11-15(19)12-14;10-8(11,9(12,13)18(15,16)17)6-2-5-1-4(6)3-7(5)14/h14-16,18-19H,1-13H2;4-7,14H,1-3H2,(H,15,16,17)/q+1;/p-1. The number of rotatable bonds is 6. The number of aliphatic hydroxyl groups excluding tert-OH is 1. The second-order valence-electron chi connectivity index (χ2n) is 13.1. The van der Waals surface area contributed by atoms with Crippen LogP contribution in [0.4, 0.5) is 17.6 Å². The summed E-state index contributed by atoms with van der Waals surface area (Å²) in [7, 11) is -5.98. The van der Waals surface area contributed by atoms with Crippen molar-refractivity contribution in [1.82, 2.24) is 0 Å². The van der Waals surface area contributed by atoms with E-state index in [1.807, 2.05) is 0 Å². The molecule has 6 aliphatic carbocycles. The highest BCUT2D eigenvalue weighted by molar-refractivity contribution is 7.99. The Labute approximate surface area is 232 Å². The van der Waals surface area contributed by atoms with Crippen LogP contribution in [0.3, 0.4) is 0 Å². The molecule has 6 fully saturated rings. The summed E-state index contributed by atoms with van der Waals surface area (Å²) in [5.41, 5.74) is 0. The van der Waals surface area contributed by atoms with Crippen molar-refractivity contribution in [2.75, 3.05) is 0 Å². The van der Waals surface area contributed by atoms with Crippen LogP contribution in [0.15, 0.2) is 0 Å². The Kier molecular flexibility index (Phi) is 8.76. The lowest BCUT2D eigenvalue weighted by atomic mass is 9.83. The third kappa shape index (κ3) is 5.68. The topological polar surface area (TPSA) is 94.5 Å². The molecule has 0 radical (unpaired) electrons. The largest absolute Gasteiger partial charge is 0.743 e. The number of halogens is 4. The highest BCUT2D eigenvalue weighted by Gasteiger charge is 2.69. The SMILES string of the molecule is O=C1CCCCC1[S+](C1CCCCC1)C1CC2CCC1C2.O=S(=O)([O-])C(F)(F)C(F)(F)C1CC2CC1CC2O. The van der Waals surface area contributed by atoms with E-state index in [-0.39, 0.29) is 19.3 Å². The van der Waals surface area contributed by atoms with E-state index in [1.165, 1.54) is 77.0 Å². The Morgan fingerprint density at radius 1 is 0.795 bits per heavy atom. The number of ketones is 1. The predicted octanol–water partition coefficient (Wildman–Crippen LogP) is 5.80. The van der Waals surface area contributed by atoms with Crippen LogP contribution in [0.2, 0.25) is 0 Å². The van der Waals surface area contributed by atoms with E-state index in [0.717, 1.165) is 28.8 Å². The number of Topliss-reactive ketones (excluding diaryl/α,β-unsaturated/α-hetero) is 1. The van der Waals surface area contributed by atoms with E-state index in [0.29, 0.717) is 21.9 Å². The number of aliphatic hydroxyl groups is 1. The van der Waals surface area contributed by atoms with Gasteiger partial charge in [-0.05, 0) is 101 Å². The molecule has 1 N–H and O–H groups in total. The number of alkyl halides is 4. The Bertz CT molecular complexity index is 1000. The molecule has 6 aliphatic rings. The van der Waals surface area contributed by atoms with Crippen molar-refractivity contribution < 1.29 is 40.4 Å². The van der Waals surface area contributed by atoms with Crippen LogP contribution in [0, 0.1) is 29.6 Å². The Morgan fingerprint density at radius 3 is 2.00 bits per heavy atom. The zero-order valence-corrected chi connectivity index (χ0v) is 24.1. The third-order valence-electron chi connectivity index (χ3n) is 10.8. The van der Waals surface area contributed by atoms with Crippen LogP contribution in [-0.2, 0) is 25.8 Å². The van der Waals surface area contributed by atoms with Gasteiger partial charge in [-0.3, -0.25) is 4.79 Å². The van der Waals surface area contributed by atoms with Crippen LogP contribution in [-0.4, -0.2) is 56.9 Å². The fourth-order valence-electron chi connectivity index (χ4n) is 8.86. The van der Waals surface area contributed by atoms with Gasteiger partial charge in [0.25, 0.3) is 0 Å². The molecule has 4 bridgehead atoms. The Hall–Kier alpha value is -0.390. The summed E-state index contributed by atoms with van der Waals surface area (Å²) >= 11 is 0. The van der Waals surface area contributed by atoms with E-state index in [2.05, 4.69) is 0 Å². The van der Waals surface area contributed by atoms with Crippen LogP contribution in [0.5, 0.6) is 0 Å². The third-order valence-corrected chi connectivity index (χ3v) is 15.3. The summed E-state index contributed by atoms with van der Waals surface area (Å²) in [6.45, 7) is 0. The fourth-order valence-corrected chi connectivity index (χ4v) is 13.6. The maximum absolute atomic E-state index is 13.6. The first kappa shape index (κ1) is 30.1. The molecule has 6 saturated carbocycles. The number of fused-ring (bicyclic) bond motifs is 4. The van der Waals surface area contributed by atoms with Gasteiger partial charge in [-0.2, -0.15) is 17.6 Å². The fraction of sp³-hybridized carbons (Fsp3) is 0.964. The molecule has 5 nitrogen and oxygen atoms in total. The van der Waals surface area contributed by atoms with Gasteiger partial charge < -0.3 is 9.66 Å². The lowest BCUT2D eigenvalue weighted by molar-refractivity contribution is -0.205. The van der Waals surface area contributed by atoms with Crippen LogP contribution >= 0.6 is 0 Å². The molecule has 0 heterocycles. The van der Waals surface area contributed by atoms with Gasteiger partial charge >= 0.3 is 11.2 Å². The summed E-state index contributed by atoms with van der Waals surface area (Å²) in [4.78, 5) is 12.6. The van der Waals surface area contributed by atoms with Gasteiger partial charge in [0.2, 0.25) is 0 Å². The minimum absolute atomic E-state index is 0.0556. The van der Waals surface area contributed by atoms with Gasteiger partial charge in [-0.1, -0.05) is 6.42 Å². The van der Waals surface area contributed by atoms with Gasteiger partial charge in [-0.15, -0.1) is 0 Å². The molecule has 224 valence electrons. The zero-order chi connectivity index (χ0) is 28.2. The molecule has 0 aliphatic heterocycles. The van der Waals surface area contributed by atoms with Crippen LogP contribution < -0.4 is 0 Å². The van der Waals surface area contributed by atoms with Crippen molar-refractivity contribution in [3.8, 4) is 0 Å². The first-order valence-electron chi connectivity index (χ1n) is 14.9. The molecule has 6 rings (SSSR count). The van der Waals surface area contributed by atoms with Crippen molar-refractivity contribution >= 4 is 26.8 Å². The van der Waals surface area contributed by atoms with E-state index in [4.69, 9.17) is 0 Å². The molecular formula is C28H42F4O5S2. The number of carbonyl (C=O) groups is 1. The molecule has 11 heteroatoms. The lowest BCUT2D eigenvalue weighted by Crippen LogP contribution is -2.53. The molecule has 0 spiro atoms. The summed E-state index contributed by atoms with van der Waals surface area (Å²) in [5, 5.41) is 6.12. The normalized spacial score (nSPS) is 40.0. The van der Waals surface area contributed by atoms with E-state index >= 15 is 0 Å². The number of carbonyl (C=O) groups excluding carboxylic acids is 1. The quantitative estimate of drug-likeness (QED) is 0.237. The molecule has 9 atom stereocenters. The average Bonchev–Trinajstić information content (AvgIpc) is 3.67. The molecule has 39 heavy (non-hydrogen) atoms. The second-order valence-corrected chi connectivity index (χ2v) is 17.2. The van der Waals surface area contributed by atoms with E-state index in [1.54, 1.807) is 0 Å². The van der Waals surface area contributed by atoms with Crippen molar-refractivity contribution in [2.45, 2.75) is 136 Å². The van der Waals surface area contributed by atoms with Crippen molar-refractivity contribution in [1.29, 1.82) is 0 Å². The Morgan fingerprint density at radius 2 is 1.49 bits per heavy atom. The highest BCUT2D eigenvalue weighted by Crippen LogP contribution is 2.58. The number of hydrogen-bond donors (Lipinski definition) is 1. The average molecular weight is 599 g/mol. The highest BCUT2D eigenvalue weighted by atomic mass is 32.2. The first-order chi connectivity index (χ1) is 18.3. The molecule has 9 unspecified atom stereocenters. The van der Waals surface area contributed by atoms with Gasteiger partial charge in [-0.25, -0.2) is 8.42 Å². The molecule has 0 aromatic rings. The molecule has 0 aromatic carbocycles. The molecule has 0 aromatic heterocycles. The van der Waals surface area contributed by atoms with Gasteiger partial charge in [0, 0.05) is 35.6 Å². The summed E-state index contributed by atoms with van der Waals surface area (Å²) < 4.78 is 84.2. The van der Waals surface area contributed by atoms with Crippen molar-refractivity contribution in [3.05, 3.63) is 0 Å². The van der Waals surface area contributed by atoms with E-state index in [9.17, 15) is 40.4 Å². The van der Waals surface area contributed by atoms with Gasteiger partial charge in [0.1, 0.15) is 10.5 Å². The van der Waals surface area contributed by atoms with Gasteiger partial charge in [0.05, 0.1) is 6.10 Å². The smallest absolute Gasteiger partial charge is 0.396 e. The van der Waals surface area contributed by atoms with Crippen molar-refractivity contribution in [3.63, 3.8) is 0 Å². The lowest BCUT2D eigenvalue weighted by Gasteiger charge is -2.37. The molecule has 0 amide bonds. The zero-order valence-electron chi connectivity index (χ0n) is 22.4. The molecular weight excluding hydrogens is 556 g/mol. The summed E-state index contributed by atoms with van der Waals surface area (Å²) in [6.07, 6.45) is 16.8. The first-order valence-corrected chi connectivity index (χ1v) is 17.8. The van der Waals surface area contributed by atoms with Gasteiger partial charge in [0.15, 0.2) is 21.2 Å². The minimum Gasteiger partial charge on any atom is -0.743 e. The van der Waals surface area contributed by atoms with Crippen LogP contribution in [0.1, 0.15) is 103 Å². The maximum atomic E-state index is 13.6. The maximum Gasteiger partial charge on any atom is 0.396 e. The Balaban J connectivity index is 0.000000160.